The second kappa shape index (κ2) is 3.96. The van der Waals surface area contributed by atoms with Crippen LogP contribution in [-0.2, 0) is 0 Å². The van der Waals surface area contributed by atoms with E-state index in [1.807, 2.05) is 12.1 Å². The topological polar surface area (TPSA) is 54.9 Å². The third-order valence-corrected chi connectivity index (χ3v) is 4.37. The number of hydrogen-bond donors (Lipinski definition) is 1. The molecule has 1 saturated carbocycles. The molecular formula is C11H9BrN2O2S. The van der Waals surface area contributed by atoms with Crippen LogP contribution in [0.25, 0.3) is 10.6 Å². The van der Waals surface area contributed by atoms with Gasteiger partial charge in [-0.2, -0.15) is 0 Å². The first kappa shape index (κ1) is 11.0. The molecule has 0 unspecified atom stereocenters. The molecule has 1 aliphatic carbocycles. The van der Waals surface area contributed by atoms with E-state index in [-0.39, 0.29) is 17.3 Å². The van der Waals surface area contributed by atoms with Crippen molar-refractivity contribution in [2.75, 3.05) is 0 Å². The number of nitrogens with zero attached hydrogens (tertiary/aromatic N) is 1. The molecular weight excluding hydrogens is 304 g/mol. The highest BCUT2D eigenvalue weighted by Gasteiger charge is 2.26. The summed E-state index contributed by atoms with van der Waals surface area (Å²) in [6, 6.07) is 5.37. The van der Waals surface area contributed by atoms with E-state index < -0.39 is 0 Å². The van der Waals surface area contributed by atoms with Gasteiger partial charge in [-0.15, -0.1) is 11.3 Å². The first-order chi connectivity index (χ1) is 8.15. The molecule has 1 aliphatic rings. The van der Waals surface area contributed by atoms with Gasteiger partial charge in [-0.05, 0) is 40.9 Å². The molecule has 88 valence electrons. The summed E-state index contributed by atoms with van der Waals surface area (Å²) in [5.74, 6) is 0. The zero-order valence-electron chi connectivity index (χ0n) is 8.77. The maximum atomic E-state index is 11.9. The second-order valence-electron chi connectivity index (χ2n) is 4.03. The molecule has 0 radical (unpaired) electrons. The summed E-state index contributed by atoms with van der Waals surface area (Å²) in [7, 11) is 0. The molecule has 0 bridgehead atoms. The van der Waals surface area contributed by atoms with Crippen LogP contribution >= 0.6 is 27.3 Å². The van der Waals surface area contributed by atoms with Gasteiger partial charge in [0, 0.05) is 12.1 Å². The molecule has 0 spiro atoms. The highest BCUT2D eigenvalue weighted by Crippen LogP contribution is 2.32. The largest absolute Gasteiger partial charge is 0.329 e. The van der Waals surface area contributed by atoms with E-state index in [1.165, 1.54) is 22.0 Å². The fraction of sp³-hybridized carbons (Fsp3) is 0.273. The zero-order valence-corrected chi connectivity index (χ0v) is 11.2. The molecule has 1 N–H and O–H groups in total. The summed E-state index contributed by atoms with van der Waals surface area (Å²) in [5.41, 5.74) is 0.0721. The highest BCUT2D eigenvalue weighted by atomic mass is 79.9. The van der Waals surface area contributed by atoms with E-state index in [2.05, 4.69) is 20.9 Å². The molecule has 2 aromatic heterocycles. The summed E-state index contributed by atoms with van der Waals surface area (Å²) in [6.45, 7) is 0. The van der Waals surface area contributed by atoms with Crippen molar-refractivity contribution in [1.29, 1.82) is 0 Å². The lowest BCUT2D eigenvalue weighted by Crippen LogP contribution is -2.34. The number of thiophene rings is 1. The van der Waals surface area contributed by atoms with Crippen LogP contribution in [-0.4, -0.2) is 9.55 Å². The van der Waals surface area contributed by atoms with E-state index in [9.17, 15) is 9.59 Å². The zero-order chi connectivity index (χ0) is 12.0. The molecule has 0 aromatic carbocycles. The van der Waals surface area contributed by atoms with Crippen LogP contribution in [0.2, 0.25) is 0 Å². The van der Waals surface area contributed by atoms with Crippen molar-refractivity contribution in [2.24, 2.45) is 0 Å². The Morgan fingerprint density at radius 3 is 2.65 bits per heavy atom. The van der Waals surface area contributed by atoms with Crippen molar-refractivity contribution in [1.82, 2.24) is 9.55 Å². The van der Waals surface area contributed by atoms with Crippen LogP contribution in [0.1, 0.15) is 18.9 Å². The van der Waals surface area contributed by atoms with E-state index in [1.54, 1.807) is 0 Å². The molecule has 2 heterocycles. The van der Waals surface area contributed by atoms with E-state index in [4.69, 9.17) is 0 Å². The maximum absolute atomic E-state index is 11.9. The Labute approximate surface area is 109 Å². The Balaban J connectivity index is 2.14. The highest BCUT2D eigenvalue weighted by molar-refractivity contribution is 9.11. The van der Waals surface area contributed by atoms with Gasteiger partial charge in [-0.3, -0.25) is 9.36 Å². The fourth-order valence-corrected chi connectivity index (χ4v) is 3.13. The van der Waals surface area contributed by atoms with Gasteiger partial charge >= 0.3 is 5.69 Å². The minimum Gasteiger partial charge on any atom is -0.306 e. The van der Waals surface area contributed by atoms with Crippen LogP contribution in [0, 0.1) is 0 Å². The molecule has 0 saturated heterocycles. The quantitative estimate of drug-likeness (QED) is 0.925. The second-order valence-corrected chi connectivity index (χ2v) is 6.49. The maximum Gasteiger partial charge on any atom is 0.329 e. The number of aromatic amines is 1. The standard InChI is InChI=1S/C11H9BrN2O2S/c12-9-4-3-8(17-9)7-5-10(15)14(6-1-2-6)11(16)13-7/h3-6H,1-2H2,(H,13,16). The number of nitrogens with one attached hydrogen (secondary N) is 1. The van der Waals surface area contributed by atoms with Crippen molar-refractivity contribution >= 4 is 27.3 Å². The van der Waals surface area contributed by atoms with Crippen LogP contribution in [0.15, 0.2) is 31.6 Å². The van der Waals surface area contributed by atoms with Crippen LogP contribution in [0.5, 0.6) is 0 Å². The Morgan fingerprint density at radius 2 is 2.12 bits per heavy atom. The van der Waals surface area contributed by atoms with Crippen molar-refractivity contribution in [3.63, 3.8) is 0 Å². The van der Waals surface area contributed by atoms with E-state index in [0.29, 0.717) is 5.69 Å². The van der Waals surface area contributed by atoms with Crippen molar-refractivity contribution < 1.29 is 0 Å². The lowest BCUT2D eigenvalue weighted by Gasteiger charge is -2.03. The summed E-state index contributed by atoms with van der Waals surface area (Å²) in [5, 5.41) is 0. The summed E-state index contributed by atoms with van der Waals surface area (Å²) < 4.78 is 2.28. The van der Waals surface area contributed by atoms with Crippen molar-refractivity contribution in [3.05, 3.63) is 42.8 Å². The number of halogens is 1. The molecule has 0 amide bonds. The molecule has 6 heteroatoms. The molecule has 4 nitrogen and oxygen atoms in total. The van der Waals surface area contributed by atoms with E-state index in [0.717, 1.165) is 21.5 Å². The van der Waals surface area contributed by atoms with Crippen LogP contribution in [0.4, 0.5) is 0 Å². The number of aromatic nitrogens is 2. The Bertz CT molecular complexity index is 650. The summed E-state index contributed by atoms with van der Waals surface area (Å²) in [6.07, 6.45) is 1.85. The van der Waals surface area contributed by atoms with Gasteiger partial charge in [0.2, 0.25) is 0 Å². The van der Waals surface area contributed by atoms with Gasteiger partial charge in [0.05, 0.1) is 14.4 Å². The lowest BCUT2D eigenvalue weighted by atomic mass is 10.3. The third kappa shape index (κ3) is 2.02. The Kier molecular flexibility index (Phi) is 2.56. The fourth-order valence-electron chi connectivity index (χ4n) is 1.77. The van der Waals surface area contributed by atoms with Gasteiger partial charge in [0.25, 0.3) is 5.56 Å². The minimum atomic E-state index is -0.306. The smallest absolute Gasteiger partial charge is 0.306 e. The molecule has 3 rings (SSSR count). The number of hydrogen-bond acceptors (Lipinski definition) is 3. The average Bonchev–Trinajstić information content (AvgIpc) is 2.99. The third-order valence-electron chi connectivity index (χ3n) is 2.72. The van der Waals surface area contributed by atoms with E-state index >= 15 is 0 Å². The normalized spacial score (nSPS) is 15.1. The first-order valence-electron chi connectivity index (χ1n) is 5.27. The van der Waals surface area contributed by atoms with Crippen molar-refractivity contribution in [2.45, 2.75) is 18.9 Å². The SMILES string of the molecule is O=c1cc(-c2ccc(Br)s2)[nH]c(=O)n1C1CC1. The molecule has 0 aliphatic heterocycles. The Morgan fingerprint density at radius 1 is 1.35 bits per heavy atom. The Hall–Kier alpha value is -1.14. The molecule has 2 aromatic rings. The predicted octanol–water partition coefficient (Wildman–Crippen LogP) is 2.36. The first-order valence-corrected chi connectivity index (χ1v) is 6.87. The van der Waals surface area contributed by atoms with Gasteiger partial charge in [0.15, 0.2) is 0 Å². The van der Waals surface area contributed by atoms with Gasteiger partial charge in [-0.1, -0.05) is 0 Å². The lowest BCUT2D eigenvalue weighted by molar-refractivity contribution is 0.657. The summed E-state index contributed by atoms with van der Waals surface area (Å²) >= 11 is 4.84. The minimum absolute atomic E-state index is 0.107. The van der Waals surface area contributed by atoms with Gasteiger partial charge in [-0.25, -0.2) is 4.79 Å². The molecule has 17 heavy (non-hydrogen) atoms. The monoisotopic (exact) mass is 312 g/mol. The van der Waals surface area contributed by atoms with Crippen LogP contribution in [0.3, 0.4) is 0 Å². The van der Waals surface area contributed by atoms with Crippen molar-refractivity contribution in [3.8, 4) is 10.6 Å². The summed E-state index contributed by atoms with van der Waals surface area (Å²) in [4.78, 5) is 27.3. The average molecular weight is 313 g/mol. The van der Waals surface area contributed by atoms with Gasteiger partial charge < -0.3 is 4.98 Å². The predicted molar refractivity (Wildman–Crippen MR) is 70.6 cm³/mol. The van der Waals surface area contributed by atoms with Gasteiger partial charge in [0.1, 0.15) is 0 Å². The number of rotatable bonds is 2. The number of H-pyrrole nitrogens is 1. The molecule has 1 fully saturated rings. The van der Waals surface area contributed by atoms with Crippen LogP contribution < -0.4 is 11.2 Å². The molecule has 0 atom stereocenters.